The molecule has 4 atom stereocenters. The number of halogens is 1. The number of nitrogens with zero attached hydrogens (tertiary/aromatic N) is 1. The van der Waals surface area contributed by atoms with E-state index in [-0.39, 0.29) is 18.6 Å². The number of rotatable bonds is 5. The Balaban J connectivity index is 1.65. The number of aryl methyl sites for hydroxylation is 2. The van der Waals surface area contributed by atoms with Crippen LogP contribution in [0, 0.1) is 13.8 Å². The minimum absolute atomic E-state index is 0.103. The van der Waals surface area contributed by atoms with Gasteiger partial charge in [0.2, 0.25) is 5.85 Å². The van der Waals surface area contributed by atoms with Crippen LogP contribution in [0.15, 0.2) is 27.9 Å². The van der Waals surface area contributed by atoms with Crippen molar-refractivity contribution < 1.29 is 37.2 Å². The summed E-state index contributed by atoms with van der Waals surface area (Å²) in [5, 5.41) is 7.40. The Kier molecular flexibility index (Phi) is 6.09. The van der Waals surface area contributed by atoms with Crippen molar-refractivity contribution >= 4 is 37.6 Å². The normalized spacial score (nSPS) is 30.5. The molecule has 2 aliphatic heterocycles. The minimum Gasteiger partial charge on any atom is -0.403 e. The third-order valence-corrected chi connectivity index (χ3v) is 7.03. The number of aromatic nitrogens is 2. The molecule has 3 heterocycles. The van der Waals surface area contributed by atoms with E-state index in [0.29, 0.717) is 21.9 Å². The summed E-state index contributed by atoms with van der Waals surface area (Å²) < 4.78 is 50.2. The van der Waals surface area contributed by atoms with E-state index < -0.39 is 54.0 Å². The fourth-order valence-corrected chi connectivity index (χ4v) is 5.34. The Labute approximate surface area is 201 Å². The van der Waals surface area contributed by atoms with Gasteiger partial charge >= 0.3 is 13.5 Å². The second-order valence-corrected chi connectivity index (χ2v) is 9.92. The van der Waals surface area contributed by atoms with Crippen LogP contribution in [0.3, 0.4) is 0 Å². The Hall–Kier alpha value is -2.44. The zero-order chi connectivity index (χ0) is 26.0. The molecule has 1 unspecified atom stereocenters. The molecule has 1 aromatic heterocycles. The number of hydrogen-bond donors (Lipinski definition) is 2. The molecule has 0 amide bonds. The van der Waals surface area contributed by atoms with Crippen LogP contribution in [-0.4, -0.2) is 61.8 Å². The van der Waals surface area contributed by atoms with Gasteiger partial charge in [0.05, 0.1) is 23.7 Å². The van der Waals surface area contributed by atoms with Crippen LogP contribution in [-0.2, 0) is 30.6 Å². The van der Waals surface area contributed by atoms with Crippen LogP contribution in [0.4, 0.5) is 4.39 Å². The maximum atomic E-state index is 15.9. The maximum Gasteiger partial charge on any atom is 0.529 e. The highest BCUT2D eigenvalue weighted by molar-refractivity contribution is 7.49. The van der Waals surface area contributed by atoms with Crippen LogP contribution in [0.2, 0.25) is 0 Å². The van der Waals surface area contributed by atoms with Crippen molar-refractivity contribution in [1.82, 2.24) is 9.55 Å². The lowest BCUT2D eigenvalue weighted by atomic mass is 9.60. The number of phosphoric ester groups is 1. The third kappa shape index (κ3) is 4.25. The summed E-state index contributed by atoms with van der Waals surface area (Å²) in [5.74, 6) is -3.19. The predicted molar refractivity (Wildman–Crippen MR) is 120 cm³/mol. The molecule has 0 aliphatic carbocycles. The number of nitrogens with one attached hydrogen (secondary N) is 1. The number of aldehydes is 1. The SMILES string of the molecule is [B]C([B])(OP1(=O)OCc2cc(C)cc(C)c2O1)[C@]1(F)C[C@@H](O)[C@]([B])(n2cc(C=O)c(=O)[nH]c2=O)O1. The first-order valence-electron chi connectivity index (χ1n) is 10.1. The molecule has 1 aromatic carbocycles. The van der Waals surface area contributed by atoms with Gasteiger partial charge in [-0.15, -0.1) is 0 Å². The van der Waals surface area contributed by atoms with Crippen molar-refractivity contribution in [2.45, 2.75) is 49.9 Å². The minimum atomic E-state index is -4.62. The van der Waals surface area contributed by atoms with Crippen molar-refractivity contribution in [3.8, 4) is 5.75 Å². The largest absolute Gasteiger partial charge is 0.529 e. The van der Waals surface area contributed by atoms with Crippen LogP contribution >= 0.6 is 7.82 Å². The monoisotopic (exact) mass is 500 g/mol. The van der Waals surface area contributed by atoms with Gasteiger partial charge in [-0.05, 0) is 19.4 Å². The van der Waals surface area contributed by atoms with Crippen molar-refractivity contribution in [2.75, 3.05) is 0 Å². The second-order valence-electron chi connectivity index (χ2n) is 8.40. The summed E-state index contributed by atoms with van der Waals surface area (Å²) in [6.07, 6.45) is -2.32. The van der Waals surface area contributed by atoms with Crippen molar-refractivity contribution in [1.29, 1.82) is 0 Å². The zero-order valence-electron chi connectivity index (χ0n) is 18.5. The topological polar surface area (TPSA) is 146 Å². The highest BCUT2D eigenvalue weighted by Crippen LogP contribution is 2.59. The Morgan fingerprint density at radius 1 is 1.37 bits per heavy atom. The molecule has 35 heavy (non-hydrogen) atoms. The molecule has 11 nitrogen and oxygen atoms in total. The van der Waals surface area contributed by atoms with Crippen molar-refractivity contribution in [2.24, 2.45) is 0 Å². The fourth-order valence-electron chi connectivity index (χ4n) is 3.91. The lowest BCUT2D eigenvalue weighted by molar-refractivity contribution is -0.219. The number of alkyl halides is 1. The summed E-state index contributed by atoms with van der Waals surface area (Å²) in [4.78, 5) is 36.8. The average molecular weight is 500 g/mol. The molecular weight excluding hydrogens is 483 g/mol. The van der Waals surface area contributed by atoms with E-state index in [2.05, 4.69) is 0 Å². The van der Waals surface area contributed by atoms with Gasteiger partial charge < -0.3 is 14.4 Å². The van der Waals surface area contributed by atoms with E-state index in [0.717, 1.165) is 5.56 Å². The van der Waals surface area contributed by atoms with Crippen LogP contribution in [0.5, 0.6) is 5.75 Å². The van der Waals surface area contributed by atoms with Crippen LogP contribution < -0.4 is 15.8 Å². The highest BCUT2D eigenvalue weighted by Gasteiger charge is 2.63. The summed E-state index contributed by atoms with van der Waals surface area (Å²) in [6.45, 7) is 3.30. The first-order valence-corrected chi connectivity index (χ1v) is 11.6. The summed E-state index contributed by atoms with van der Waals surface area (Å²) in [5.41, 5.74) is -3.51. The van der Waals surface area contributed by atoms with E-state index in [1.807, 2.05) is 6.92 Å². The quantitative estimate of drug-likeness (QED) is 0.327. The molecule has 4 rings (SSSR count). The van der Waals surface area contributed by atoms with Gasteiger partial charge in [0.1, 0.15) is 34.9 Å². The number of aromatic amines is 1. The highest BCUT2D eigenvalue weighted by atomic mass is 31.2. The summed E-state index contributed by atoms with van der Waals surface area (Å²) >= 11 is 0. The first-order chi connectivity index (χ1) is 16.1. The van der Waals surface area contributed by atoms with Gasteiger partial charge in [-0.3, -0.25) is 28.2 Å². The van der Waals surface area contributed by atoms with Gasteiger partial charge in [0, 0.05) is 18.2 Å². The van der Waals surface area contributed by atoms with E-state index >= 15 is 4.39 Å². The van der Waals surface area contributed by atoms with Gasteiger partial charge in [0.15, 0.2) is 6.29 Å². The predicted octanol–water partition coefficient (Wildman–Crippen LogP) is -0.0836. The molecule has 1 fully saturated rings. The number of aliphatic hydroxyl groups is 1. The van der Waals surface area contributed by atoms with E-state index in [1.165, 1.54) is 0 Å². The lowest BCUT2D eigenvalue weighted by Crippen LogP contribution is -2.56. The third-order valence-electron chi connectivity index (χ3n) is 5.66. The van der Waals surface area contributed by atoms with Gasteiger partial charge in [-0.25, -0.2) is 13.8 Å². The van der Waals surface area contributed by atoms with E-state index in [1.54, 1.807) is 24.0 Å². The molecule has 16 heteroatoms. The zero-order valence-corrected chi connectivity index (χ0v) is 19.4. The number of aliphatic hydroxyl groups excluding tert-OH is 1. The van der Waals surface area contributed by atoms with Crippen LogP contribution in [0.25, 0.3) is 0 Å². The molecule has 6 radical (unpaired) electrons. The molecule has 2 aromatic rings. The number of H-pyrrole nitrogens is 1. The Morgan fingerprint density at radius 2 is 2.06 bits per heavy atom. The number of carbonyl (C=O) groups is 1. The smallest absolute Gasteiger partial charge is 0.403 e. The van der Waals surface area contributed by atoms with Crippen molar-refractivity contribution in [3.63, 3.8) is 0 Å². The summed E-state index contributed by atoms with van der Waals surface area (Å²) in [6, 6.07) is 3.48. The second kappa shape index (κ2) is 8.31. The van der Waals surface area contributed by atoms with Gasteiger partial charge in [-0.1, -0.05) is 17.7 Å². The Morgan fingerprint density at radius 3 is 2.71 bits per heavy atom. The maximum absolute atomic E-state index is 15.9. The van der Waals surface area contributed by atoms with Crippen molar-refractivity contribution in [3.05, 3.63) is 61.4 Å². The number of carbonyl (C=O) groups excluding carboxylic acids is 1. The lowest BCUT2D eigenvalue weighted by Gasteiger charge is -2.41. The molecule has 2 N–H and O–H groups in total. The number of hydrogen-bond acceptors (Lipinski definition) is 9. The first kappa shape index (κ1) is 25.7. The molecule has 2 aliphatic rings. The average Bonchev–Trinajstić information content (AvgIpc) is 2.98. The van der Waals surface area contributed by atoms with E-state index in [9.17, 15) is 24.1 Å². The van der Waals surface area contributed by atoms with Gasteiger partial charge in [0.25, 0.3) is 5.56 Å². The fraction of sp³-hybridized carbons (Fsp3) is 0.421. The van der Waals surface area contributed by atoms with Gasteiger partial charge in [-0.2, -0.15) is 0 Å². The standard InChI is InChI=1S/C19H17B3FN2O9P/c1-9-3-10(2)14-11(4-9)8-31-35(30,32-14)34-19(21,22)17(23)5-13(27)18(20,33-17)25-6-12(7-26)15(28)24-16(25)29/h3-4,6-7,13,27H,5,8H2,1-2H3,(H,24,28,29)/t13-,17+,18+,35?/m1/s1. The molecule has 0 spiro atoms. The molecule has 1 saturated heterocycles. The molecule has 0 bridgehead atoms. The number of fused-ring (bicyclic) bond motifs is 1. The molecule has 0 saturated carbocycles. The number of phosphoric acid groups is 1. The molecule has 178 valence electrons. The number of benzene rings is 1. The summed E-state index contributed by atoms with van der Waals surface area (Å²) in [7, 11) is 12.9. The van der Waals surface area contributed by atoms with Crippen LogP contribution in [0.1, 0.15) is 33.5 Å². The molecular formula is C19H17B3FN2O9P. The van der Waals surface area contributed by atoms with E-state index in [4.69, 9.17) is 41.8 Å². The number of ether oxygens (including phenoxy) is 1. The Bertz CT molecular complexity index is 1380.